The summed E-state index contributed by atoms with van der Waals surface area (Å²) in [5, 5.41) is 3.61. The van der Waals surface area contributed by atoms with Crippen LogP contribution in [0.4, 0.5) is 0 Å². The molecule has 4 heteroatoms. The fourth-order valence-electron chi connectivity index (χ4n) is 3.05. The Morgan fingerprint density at radius 1 is 1.37 bits per heavy atom. The number of carbonyl (C=O) groups is 1. The van der Waals surface area contributed by atoms with E-state index in [0.717, 1.165) is 19.4 Å². The van der Waals surface area contributed by atoms with Gasteiger partial charge in [0.15, 0.2) is 0 Å². The maximum Gasteiger partial charge on any atom is 0.244 e. The van der Waals surface area contributed by atoms with E-state index in [1.807, 2.05) is 11.3 Å². The van der Waals surface area contributed by atoms with Gasteiger partial charge in [-0.3, -0.25) is 10.1 Å². The number of hydrogen-bond donors (Lipinski definition) is 1. The Hall–Kier alpha value is -0.870. The number of nitrogens with zero attached hydrogens (tertiary/aromatic N) is 1. The van der Waals surface area contributed by atoms with Gasteiger partial charge in [-0.2, -0.15) is 0 Å². The van der Waals surface area contributed by atoms with Gasteiger partial charge in [0.1, 0.15) is 11.7 Å². The van der Waals surface area contributed by atoms with Gasteiger partial charge in [-0.05, 0) is 50.2 Å². The van der Waals surface area contributed by atoms with Crippen LogP contribution in [0, 0.1) is 12.3 Å². The predicted octanol–water partition coefficient (Wildman–Crippen LogP) is 2.82. The maximum atomic E-state index is 12.7. The minimum atomic E-state index is -0.201. The quantitative estimate of drug-likeness (QED) is 0.920. The van der Waals surface area contributed by atoms with Crippen molar-refractivity contribution in [1.29, 1.82) is 0 Å². The first-order valence-electron chi connectivity index (χ1n) is 7.17. The van der Waals surface area contributed by atoms with Crippen molar-refractivity contribution in [3.05, 3.63) is 21.9 Å². The molecule has 19 heavy (non-hydrogen) atoms. The lowest BCUT2D eigenvalue weighted by Gasteiger charge is -2.26. The summed E-state index contributed by atoms with van der Waals surface area (Å²) in [6.45, 7) is 5.35. The van der Waals surface area contributed by atoms with Crippen LogP contribution in [0.25, 0.3) is 0 Å². The average Bonchev–Trinajstić information content (AvgIpc) is 3.24. The summed E-state index contributed by atoms with van der Waals surface area (Å²) >= 11 is 1.81. The number of carbonyl (C=O) groups excluding carboxylic acids is 1. The van der Waals surface area contributed by atoms with Gasteiger partial charge in [-0.15, -0.1) is 11.3 Å². The molecule has 1 spiro atoms. The van der Waals surface area contributed by atoms with Crippen LogP contribution >= 0.6 is 11.3 Å². The van der Waals surface area contributed by atoms with Crippen molar-refractivity contribution in [2.45, 2.75) is 51.2 Å². The van der Waals surface area contributed by atoms with Gasteiger partial charge in [0, 0.05) is 16.3 Å². The van der Waals surface area contributed by atoms with Gasteiger partial charge >= 0.3 is 0 Å². The lowest BCUT2D eigenvalue weighted by atomic mass is 10.1. The van der Waals surface area contributed by atoms with E-state index in [9.17, 15) is 4.79 Å². The van der Waals surface area contributed by atoms with Crippen LogP contribution in [0.15, 0.2) is 12.1 Å². The molecule has 0 radical (unpaired) electrons. The highest BCUT2D eigenvalue weighted by molar-refractivity contribution is 7.12. The zero-order valence-electron chi connectivity index (χ0n) is 11.5. The topological polar surface area (TPSA) is 32.3 Å². The lowest BCUT2D eigenvalue weighted by Crippen LogP contribution is -2.35. The number of thiophene rings is 1. The summed E-state index contributed by atoms with van der Waals surface area (Å²) in [6, 6.07) is 4.33. The molecule has 0 aromatic carbocycles. The van der Waals surface area contributed by atoms with E-state index in [1.165, 1.54) is 22.6 Å². The summed E-state index contributed by atoms with van der Waals surface area (Å²) in [4.78, 5) is 17.4. The second-order valence-electron chi connectivity index (χ2n) is 6.82. The average molecular weight is 276 g/mol. The van der Waals surface area contributed by atoms with Gasteiger partial charge in [0.2, 0.25) is 5.91 Å². The zero-order chi connectivity index (χ0) is 13.3. The van der Waals surface area contributed by atoms with E-state index in [-0.39, 0.29) is 11.7 Å². The normalized spacial score (nSPS) is 30.1. The molecule has 102 valence electrons. The molecule has 1 aromatic heterocycles. The molecule has 2 heterocycles. The van der Waals surface area contributed by atoms with Crippen molar-refractivity contribution in [1.82, 2.24) is 10.2 Å². The molecule has 3 aliphatic rings. The monoisotopic (exact) mass is 276 g/mol. The van der Waals surface area contributed by atoms with Crippen LogP contribution in [-0.4, -0.2) is 22.9 Å². The van der Waals surface area contributed by atoms with E-state index >= 15 is 0 Å². The third-order valence-electron chi connectivity index (χ3n) is 4.83. The third kappa shape index (κ3) is 1.84. The van der Waals surface area contributed by atoms with Crippen molar-refractivity contribution < 1.29 is 4.79 Å². The van der Waals surface area contributed by atoms with Crippen LogP contribution in [0.2, 0.25) is 0 Å². The maximum absolute atomic E-state index is 12.7. The Morgan fingerprint density at radius 2 is 2.11 bits per heavy atom. The fourth-order valence-corrected chi connectivity index (χ4v) is 3.99. The molecule has 2 saturated carbocycles. The zero-order valence-corrected chi connectivity index (χ0v) is 12.3. The van der Waals surface area contributed by atoms with E-state index in [2.05, 4.69) is 36.2 Å². The number of rotatable bonds is 3. The highest BCUT2D eigenvalue weighted by Gasteiger charge is 2.60. The number of hydrogen-bond acceptors (Lipinski definition) is 3. The Bertz CT molecular complexity index is 542. The Morgan fingerprint density at radius 3 is 2.63 bits per heavy atom. The Balaban J connectivity index is 1.65. The fraction of sp³-hybridized carbons (Fsp3) is 0.667. The SMILES string of the molecule is Cc1ccc(C2NC3(CC3)C(=O)N2CC2(C)CC2)s1. The summed E-state index contributed by atoms with van der Waals surface area (Å²) in [6.07, 6.45) is 4.67. The molecule has 0 bridgehead atoms. The molecule has 2 aliphatic carbocycles. The minimum Gasteiger partial charge on any atom is -0.320 e. The molecule has 1 saturated heterocycles. The molecular formula is C15H20N2OS. The van der Waals surface area contributed by atoms with Crippen LogP contribution < -0.4 is 5.32 Å². The largest absolute Gasteiger partial charge is 0.320 e. The molecular weight excluding hydrogens is 256 g/mol. The molecule has 3 fully saturated rings. The first-order chi connectivity index (χ1) is 9.01. The van der Waals surface area contributed by atoms with E-state index in [4.69, 9.17) is 0 Å². The van der Waals surface area contributed by atoms with Crippen LogP contribution in [-0.2, 0) is 4.79 Å². The highest BCUT2D eigenvalue weighted by atomic mass is 32.1. The van der Waals surface area contributed by atoms with E-state index < -0.39 is 0 Å². The minimum absolute atomic E-state index is 0.117. The van der Waals surface area contributed by atoms with Crippen molar-refractivity contribution in [2.75, 3.05) is 6.54 Å². The van der Waals surface area contributed by atoms with Gasteiger partial charge in [0.05, 0.1) is 0 Å². The van der Waals surface area contributed by atoms with Crippen molar-refractivity contribution in [3.8, 4) is 0 Å². The first-order valence-corrected chi connectivity index (χ1v) is 7.98. The molecule has 1 atom stereocenters. The number of nitrogens with one attached hydrogen (secondary N) is 1. The second-order valence-corrected chi connectivity index (χ2v) is 8.14. The molecule has 4 rings (SSSR count). The van der Waals surface area contributed by atoms with E-state index in [1.54, 1.807) is 0 Å². The number of aryl methyl sites for hydroxylation is 1. The lowest BCUT2D eigenvalue weighted by molar-refractivity contribution is -0.131. The second kappa shape index (κ2) is 3.61. The summed E-state index contributed by atoms with van der Waals surface area (Å²) in [7, 11) is 0. The Labute approximate surface area is 118 Å². The third-order valence-corrected chi connectivity index (χ3v) is 5.88. The molecule has 1 aromatic rings. The van der Waals surface area contributed by atoms with Gasteiger partial charge in [0.25, 0.3) is 0 Å². The Kier molecular flexibility index (Phi) is 2.26. The van der Waals surface area contributed by atoms with Gasteiger partial charge in [-0.25, -0.2) is 0 Å². The summed E-state index contributed by atoms with van der Waals surface area (Å²) in [5.74, 6) is 0.344. The van der Waals surface area contributed by atoms with Crippen molar-refractivity contribution >= 4 is 17.2 Å². The molecule has 1 amide bonds. The van der Waals surface area contributed by atoms with Crippen LogP contribution in [0.3, 0.4) is 0 Å². The summed E-state index contributed by atoms with van der Waals surface area (Å²) in [5.41, 5.74) is 0.177. The van der Waals surface area contributed by atoms with Crippen molar-refractivity contribution in [3.63, 3.8) is 0 Å². The standard InChI is InChI=1S/C15H20N2OS/c1-10-3-4-11(19-10)12-16-15(7-8-15)13(18)17(12)9-14(2)5-6-14/h3-4,12,16H,5-9H2,1-2H3. The summed E-state index contributed by atoms with van der Waals surface area (Å²) < 4.78 is 0. The van der Waals surface area contributed by atoms with Crippen LogP contribution in [0.1, 0.15) is 48.5 Å². The van der Waals surface area contributed by atoms with Gasteiger partial charge in [-0.1, -0.05) is 6.92 Å². The molecule has 1 aliphatic heterocycles. The van der Waals surface area contributed by atoms with Gasteiger partial charge < -0.3 is 4.90 Å². The number of amides is 1. The molecule has 3 nitrogen and oxygen atoms in total. The highest BCUT2D eigenvalue weighted by Crippen LogP contribution is 2.51. The molecule has 1 unspecified atom stereocenters. The first kappa shape index (κ1) is 11.9. The molecule has 1 N–H and O–H groups in total. The van der Waals surface area contributed by atoms with Crippen molar-refractivity contribution in [2.24, 2.45) is 5.41 Å². The van der Waals surface area contributed by atoms with Crippen LogP contribution in [0.5, 0.6) is 0 Å². The smallest absolute Gasteiger partial charge is 0.244 e. The van der Waals surface area contributed by atoms with E-state index in [0.29, 0.717) is 11.3 Å². The predicted molar refractivity (Wildman–Crippen MR) is 76.0 cm³/mol.